The molecule has 1 aromatic carbocycles. The summed E-state index contributed by atoms with van der Waals surface area (Å²) in [6.45, 7) is 5.36. The summed E-state index contributed by atoms with van der Waals surface area (Å²) in [5, 5.41) is 5.52. The van der Waals surface area contributed by atoms with Crippen LogP contribution < -0.4 is 5.32 Å². The lowest BCUT2D eigenvalue weighted by Gasteiger charge is -2.36. The Balaban J connectivity index is 1.54. The van der Waals surface area contributed by atoms with Crippen LogP contribution in [0.1, 0.15) is 37.8 Å². The number of benzene rings is 1. The van der Waals surface area contributed by atoms with Crippen molar-refractivity contribution in [2.45, 2.75) is 32.2 Å². The molecule has 170 valence electrons. The van der Waals surface area contributed by atoms with E-state index in [-0.39, 0.29) is 12.3 Å². The quantitative estimate of drug-likeness (QED) is 0.633. The van der Waals surface area contributed by atoms with Gasteiger partial charge in [-0.2, -0.15) is 0 Å². The molecule has 1 aromatic rings. The maximum absolute atomic E-state index is 14.1. The topological polar surface area (TPSA) is 74.2 Å². The number of carbonyl (C=O) groups is 2. The van der Waals surface area contributed by atoms with Gasteiger partial charge in [0.15, 0.2) is 5.17 Å². The summed E-state index contributed by atoms with van der Waals surface area (Å²) in [7, 11) is 1.31. The molecular formula is C23H27FN4O3S. The van der Waals surface area contributed by atoms with Crippen LogP contribution in [0.15, 0.2) is 51.6 Å². The summed E-state index contributed by atoms with van der Waals surface area (Å²) in [5.41, 5.74) is 2.18. The molecule has 0 aliphatic carbocycles. The Kier molecular flexibility index (Phi) is 6.95. The highest BCUT2D eigenvalue weighted by atomic mass is 32.2. The fourth-order valence-electron chi connectivity index (χ4n) is 4.32. The van der Waals surface area contributed by atoms with Crippen LogP contribution >= 0.6 is 11.8 Å². The van der Waals surface area contributed by atoms with Crippen molar-refractivity contribution in [3.05, 3.63) is 58.0 Å². The van der Waals surface area contributed by atoms with Crippen molar-refractivity contribution >= 4 is 28.8 Å². The molecule has 0 aromatic heterocycles. The van der Waals surface area contributed by atoms with E-state index in [0.29, 0.717) is 28.5 Å². The highest BCUT2D eigenvalue weighted by Gasteiger charge is 2.41. The van der Waals surface area contributed by atoms with Crippen LogP contribution in [0.5, 0.6) is 0 Å². The van der Waals surface area contributed by atoms with Crippen molar-refractivity contribution in [1.82, 2.24) is 15.1 Å². The summed E-state index contributed by atoms with van der Waals surface area (Å²) in [6.07, 6.45) is 2.57. The molecule has 1 N–H and O–H groups in total. The molecule has 0 spiro atoms. The first-order chi connectivity index (χ1) is 15.5. The van der Waals surface area contributed by atoms with Gasteiger partial charge in [-0.15, -0.1) is 0 Å². The molecule has 4 rings (SSSR count). The zero-order valence-electron chi connectivity index (χ0n) is 18.3. The second kappa shape index (κ2) is 9.87. The number of amides is 1. The Morgan fingerprint density at radius 1 is 1.31 bits per heavy atom. The molecule has 32 heavy (non-hydrogen) atoms. The standard InChI is InChI=1S/C23H27FN4O3S/c1-15-20(22(30)31-2)21(16-6-5-7-17(24)12-16)28-18(14-32-23(28)26-15)13-19(29)25-8-11-27-9-3-4-10-27/h5-7,12,14,21H,3-4,8-11,13H2,1-2H3,(H,25,29)/t21-/m1/s1. The fourth-order valence-corrected chi connectivity index (χ4v) is 5.28. The van der Waals surface area contributed by atoms with Crippen molar-refractivity contribution in [2.75, 3.05) is 33.3 Å². The number of ether oxygens (including phenoxy) is 1. The second-order valence-electron chi connectivity index (χ2n) is 8.02. The smallest absolute Gasteiger partial charge is 0.338 e. The lowest BCUT2D eigenvalue weighted by molar-refractivity contribution is -0.136. The first-order valence-electron chi connectivity index (χ1n) is 10.7. The minimum atomic E-state index is -0.621. The number of likely N-dealkylation sites (tertiary alicyclic amines) is 1. The van der Waals surface area contributed by atoms with Crippen molar-refractivity contribution < 1.29 is 18.7 Å². The van der Waals surface area contributed by atoms with E-state index in [1.165, 1.54) is 43.8 Å². The highest BCUT2D eigenvalue weighted by molar-refractivity contribution is 8.16. The number of fused-ring (bicyclic) bond motifs is 1. The van der Waals surface area contributed by atoms with Gasteiger partial charge in [0.25, 0.3) is 0 Å². The van der Waals surface area contributed by atoms with E-state index < -0.39 is 17.8 Å². The first-order valence-corrected chi connectivity index (χ1v) is 11.6. The van der Waals surface area contributed by atoms with Crippen LogP contribution in [0.4, 0.5) is 4.39 Å². The largest absolute Gasteiger partial charge is 0.466 e. The monoisotopic (exact) mass is 458 g/mol. The number of methoxy groups -OCH3 is 1. The van der Waals surface area contributed by atoms with Crippen LogP contribution in [0.3, 0.4) is 0 Å². The average molecular weight is 459 g/mol. The molecule has 1 atom stereocenters. The Labute approximate surface area is 191 Å². The van der Waals surface area contributed by atoms with E-state index in [2.05, 4.69) is 15.2 Å². The Bertz CT molecular complexity index is 1000. The van der Waals surface area contributed by atoms with E-state index in [0.717, 1.165) is 25.3 Å². The molecule has 3 aliphatic rings. The molecule has 3 heterocycles. The van der Waals surface area contributed by atoms with Gasteiger partial charge in [0.2, 0.25) is 5.91 Å². The third kappa shape index (κ3) is 4.73. The highest BCUT2D eigenvalue weighted by Crippen LogP contribution is 2.44. The SMILES string of the molecule is COC(=O)C1=C(C)N=C2SC=C(CC(=O)NCCN3CCCC3)N2[C@@H]1c1cccc(F)c1. The zero-order valence-corrected chi connectivity index (χ0v) is 19.1. The van der Waals surface area contributed by atoms with Gasteiger partial charge in [-0.1, -0.05) is 23.9 Å². The Morgan fingerprint density at radius 2 is 2.09 bits per heavy atom. The summed E-state index contributed by atoms with van der Waals surface area (Å²) in [4.78, 5) is 34.1. The second-order valence-corrected chi connectivity index (χ2v) is 8.85. The summed E-state index contributed by atoms with van der Waals surface area (Å²) in [5.74, 6) is -1.02. The van der Waals surface area contributed by atoms with E-state index in [4.69, 9.17) is 4.74 Å². The fraction of sp³-hybridized carbons (Fsp3) is 0.435. The van der Waals surface area contributed by atoms with Crippen LogP contribution in [0, 0.1) is 5.82 Å². The molecule has 0 saturated carbocycles. The van der Waals surface area contributed by atoms with Gasteiger partial charge in [-0.25, -0.2) is 14.2 Å². The van der Waals surface area contributed by atoms with Gasteiger partial charge >= 0.3 is 5.97 Å². The third-order valence-corrected chi connectivity index (χ3v) is 6.75. The van der Waals surface area contributed by atoms with E-state index in [9.17, 15) is 14.0 Å². The number of allylic oxidation sites excluding steroid dienone is 1. The predicted molar refractivity (Wildman–Crippen MR) is 122 cm³/mol. The number of carbonyl (C=O) groups excluding carboxylic acids is 2. The molecule has 1 amide bonds. The molecular weight excluding hydrogens is 431 g/mol. The van der Waals surface area contributed by atoms with Crippen LogP contribution in [-0.4, -0.2) is 60.1 Å². The summed E-state index contributed by atoms with van der Waals surface area (Å²) >= 11 is 1.39. The number of halogens is 1. The van der Waals surface area contributed by atoms with Crippen molar-refractivity contribution in [1.29, 1.82) is 0 Å². The number of hydrogen-bond donors (Lipinski definition) is 1. The normalized spacial score (nSPS) is 20.7. The summed E-state index contributed by atoms with van der Waals surface area (Å²) < 4.78 is 19.1. The number of nitrogens with one attached hydrogen (secondary N) is 1. The maximum atomic E-state index is 14.1. The lowest BCUT2D eigenvalue weighted by atomic mass is 9.94. The van der Waals surface area contributed by atoms with E-state index in [1.54, 1.807) is 19.1 Å². The van der Waals surface area contributed by atoms with E-state index in [1.807, 2.05) is 10.3 Å². The number of nitrogens with zero attached hydrogens (tertiary/aromatic N) is 3. The van der Waals surface area contributed by atoms with Gasteiger partial charge < -0.3 is 19.9 Å². The molecule has 7 nitrogen and oxygen atoms in total. The number of thioether (sulfide) groups is 1. The zero-order chi connectivity index (χ0) is 22.7. The Morgan fingerprint density at radius 3 is 2.81 bits per heavy atom. The third-order valence-electron chi connectivity index (χ3n) is 5.86. The number of rotatable bonds is 7. The van der Waals surface area contributed by atoms with Gasteiger partial charge in [-0.05, 0) is 56.0 Å². The van der Waals surface area contributed by atoms with Crippen LogP contribution in [-0.2, 0) is 14.3 Å². The number of amidine groups is 1. The van der Waals surface area contributed by atoms with Crippen molar-refractivity contribution in [3.8, 4) is 0 Å². The molecule has 1 saturated heterocycles. The van der Waals surface area contributed by atoms with Crippen molar-refractivity contribution in [2.24, 2.45) is 4.99 Å². The Hall–Kier alpha value is -2.65. The molecule has 0 bridgehead atoms. The minimum Gasteiger partial charge on any atom is -0.466 e. The minimum absolute atomic E-state index is 0.0961. The first kappa shape index (κ1) is 22.5. The predicted octanol–water partition coefficient (Wildman–Crippen LogP) is 3.18. The van der Waals surface area contributed by atoms with Crippen molar-refractivity contribution in [3.63, 3.8) is 0 Å². The van der Waals surface area contributed by atoms with Crippen LogP contribution in [0.2, 0.25) is 0 Å². The van der Waals surface area contributed by atoms with E-state index >= 15 is 0 Å². The van der Waals surface area contributed by atoms with Gasteiger partial charge in [-0.3, -0.25) is 4.79 Å². The lowest BCUT2D eigenvalue weighted by Crippen LogP contribution is -2.38. The molecule has 9 heteroatoms. The molecule has 3 aliphatic heterocycles. The molecule has 1 fully saturated rings. The van der Waals surface area contributed by atoms with Gasteiger partial charge in [0.1, 0.15) is 5.82 Å². The number of hydrogen-bond acceptors (Lipinski definition) is 7. The summed E-state index contributed by atoms with van der Waals surface area (Å²) in [6, 6.07) is 5.52. The average Bonchev–Trinajstić information content (AvgIpc) is 3.42. The maximum Gasteiger partial charge on any atom is 0.338 e. The molecule has 0 unspecified atom stereocenters. The van der Waals surface area contributed by atoms with Crippen LogP contribution in [0.25, 0.3) is 0 Å². The number of aliphatic imine (C=N–C) groups is 1. The number of esters is 1. The van der Waals surface area contributed by atoms with Gasteiger partial charge in [0.05, 0.1) is 30.8 Å². The van der Waals surface area contributed by atoms with Gasteiger partial charge in [0, 0.05) is 18.8 Å². The molecule has 0 radical (unpaired) electrons.